The molecule has 0 saturated heterocycles. The second-order valence-electron chi connectivity index (χ2n) is 5.54. The fourth-order valence-electron chi connectivity index (χ4n) is 1.98. The van der Waals surface area contributed by atoms with Gasteiger partial charge in [-0.3, -0.25) is 9.89 Å². The van der Waals surface area contributed by atoms with Crippen molar-refractivity contribution in [2.45, 2.75) is 46.1 Å². The topological polar surface area (TPSA) is 104 Å². The monoisotopic (exact) mass is 268 g/mol. The van der Waals surface area contributed by atoms with Crippen LogP contribution in [0.1, 0.15) is 56.2 Å². The molecule has 1 atom stereocenters. The fourth-order valence-corrected chi connectivity index (χ4v) is 1.98. The summed E-state index contributed by atoms with van der Waals surface area (Å²) >= 11 is 0. The van der Waals surface area contributed by atoms with E-state index in [1.807, 2.05) is 27.7 Å². The van der Waals surface area contributed by atoms with Gasteiger partial charge in [-0.1, -0.05) is 27.7 Å². The normalized spacial score (nSPS) is 13.0. The summed E-state index contributed by atoms with van der Waals surface area (Å²) in [6.07, 6.45) is 0.712. The summed E-state index contributed by atoms with van der Waals surface area (Å²) in [5.74, 6) is 0.221. The van der Waals surface area contributed by atoms with Gasteiger partial charge in [-0.25, -0.2) is 0 Å². The number of hydrogen-bond acceptors (Lipinski definition) is 4. The molecule has 0 saturated carbocycles. The van der Waals surface area contributed by atoms with E-state index in [0.29, 0.717) is 18.0 Å². The standard InChI is InChI=1S/C13H24N4O2/c1-7(2)5-9(6-18)15-13(19)12-10(14)11(8(3)4)16-17-12/h7-9,18H,5-6,14H2,1-4H3,(H,15,19)(H,16,17). The lowest BCUT2D eigenvalue weighted by Gasteiger charge is -2.17. The summed E-state index contributed by atoms with van der Waals surface area (Å²) < 4.78 is 0. The zero-order chi connectivity index (χ0) is 14.6. The fraction of sp³-hybridized carbons (Fsp3) is 0.692. The summed E-state index contributed by atoms with van der Waals surface area (Å²) in [5, 5.41) is 18.8. The van der Waals surface area contributed by atoms with Crippen LogP contribution in [0.25, 0.3) is 0 Å². The molecule has 0 aliphatic heterocycles. The highest BCUT2D eigenvalue weighted by molar-refractivity contribution is 5.97. The van der Waals surface area contributed by atoms with Crippen LogP contribution >= 0.6 is 0 Å². The van der Waals surface area contributed by atoms with Crippen LogP contribution in [-0.2, 0) is 0 Å². The Labute approximate surface area is 113 Å². The number of H-pyrrole nitrogens is 1. The van der Waals surface area contributed by atoms with E-state index < -0.39 is 0 Å². The Hall–Kier alpha value is -1.56. The van der Waals surface area contributed by atoms with Gasteiger partial charge in [-0.15, -0.1) is 0 Å². The van der Waals surface area contributed by atoms with Crippen LogP contribution in [0.4, 0.5) is 5.69 Å². The van der Waals surface area contributed by atoms with Crippen molar-refractivity contribution in [2.24, 2.45) is 5.92 Å². The van der Waals surface area contributed by atoms with E-state index in [4.69, 9.17) is 5.73 Å². The van der Waals surface area contributed by atoms with Crippen molar-refractivity contribution in [3.8, 4) is 0 Å². The maximum Gasteiger partial charge on any atom is 0.274 e. The highest BCUT2D eigenvalue weighted by Crippen LogP contribution is 2.22. The molecule has 6 heteroatoms. The number of aliphatic hydroxyl groups excluding tert-OH is 1. The summed E-state index contributed by atoms with van der Waals surface area (Å²) in [4.78, 5) is 12.1. The number of carbonyl (C=O) groups is 1. The van der Waals surface area contributed by atoms with Crippen molar-refractivity contribution < 1.29 is 9.90 Å². The first-order valence-electron chi connectivity index (χ1n) is 6.62. The van der Waals surface area contributed by atoms with E-state index in [0.717, 1.165) is 5.69 Å². The van der Waals surface area contributed by atoms with Gasteiger partial charge in [0.25, 0.3) is 5.91 Å². The minimum Gasteiger partial charge on any atom is -0.395 e. The molecule has 1 amide bonds. The Balaban J connectivity index is 2.77. The highest BCUT2D eigenvalue weighted by atomic mass is 16.3. The summed E-state index contributed by atoms with van der Waals surface area (Å²) in [5.41, 5.74) is 7.25. The SMILES string of the molecule is CC(C)CC(CO)NC(=O)c1n[nH]c(C(C)C)c1N. The third kappa shape index (κ3) is 3.96. The number of aromatic amines is 1. The van der Waals surface area contributed by atoms with Crippen LogP contribution in [0.2, 0.25) is 0 Å². The van der Waals surface area contributed by atoms with E-state index in [1.54, 1.807) is 0 Å². The molecule has 5 N–H and O–H groups in total. The second kappa shape index (κ2) is 6.56. The molecule has 1 aromatic rings. The van der Waals surface area contributed by atoms with Crippen molar-refractivity contribution >= 4 is 11.6 Å². The first-order chi connectivity index (χ1) is 8.86. The Bertz CT molecular complexity index is 426. The van der Waals surface area contributed by atoms with E-state index >= 15 is 0 Å². The average Bonchev–Trinajstić information content (AvgIpc) is 2.69. The van der Waals surface area contributed by atoms with Crippen LogP contribution in [0.15, 0.2) is 0 Å². The number of amides is 1. The Morgan fingerprint density at radius 3 is 2.47 bits per heavy atom. The Kier molecular flexibility index (Phi) is 5.35. The van der Waals surface area contributed by atoms with Crippen molar-refractivity contribution in [2.75, 3.05) is 12.3 Å². The smallest absolute Gasteiger partial charge is 0.274 e. The molecule has 0 spiro atoms. The van der Waals surface area contributed by atoms with E-state index in [2.05, 4.69) is 15.5 Å². The number of rotatable bonds is 6. The molecule has 1 heterocycles. The number of nitrogens with two attached hydrogens (primary N) is 1. The maximum absolute atomic E-state index is 12.1. The number of aliphatic hydroxyl groups is 1. The van der Waals surface area contributed by atoms with Gasteiger partial charge in [0.2, 0.25) is 0 Å². The highest BCUT2D eigenvalue weighted by Gasteiger charge is 2.21. The van der Waals surface area contributed by atoms with E-state index in [-0.39, 0.29) is 30.2 Å². The number of hydrogen-bond donors (Lipinski definition) is 4. The first-order valence-corrected chi connectivity index (χ1v) is 6.62. The van der Waals surface area contributed by atoms with Crippen molar-refractivity contribution in [1.29, 1.82) is 0 Å². The largest absolute Gasteiger partial charge is 0.395 e. The molecule has 0 bridgehead atoms. The molecule has 0 fully saturated rings. The van der Waals surface area contributed by atoms with Crippen LogP contribution in [-0.4, -0.2) is 33.9 Å². The molecular formula is C13H24N4O2. The molecule has 108 valence electrons. The molecule has 0 aromatic carbocycles. The quantitative estimate of drug-likeness (QED) is 0.623. The van der Waals surface area contributed by atoms with Crippen molar-refractivity contribution in [1.82, 2.24) is 15.5 Å². The third-order valence-electron chi connectivity index (χ3n) is 2.94. The van der Waals surface area contributed by atoms with Crippen LogP contribution in [0.3, 0.4) is 0 Å². The number of nitrogen functional groups attached to an aromatic ring is 1. The van der Waals surface area contributed by atoms with Gasteiger partial charge < -0.3 is 16.2 Å². The zero-order valence-corrected chi connectivity index (χ0v) is 12.0. The van der Waals surface area contributed by atoms with Crippen LogP contribution in [0, 0.1) is 5.92 Å². The average molecular weight is 268 g/mol. The molecule has 1 unspecified atom stereocenters. The van der Waals surface area contributed by atoms with Gasteiger partial charge in [-0.2, -0.15) is 5.10 Å². The van der Waals surface area contributed by atoms with Gasteiger partial charge in [0.05, 0.1) is 24.0 Å². The van der Waals surface area contributed by atoms with Gasteiger partial charge in [0.1, 0.15) is 0 Å². The van der Waals surface area contributed by atoms with Gasteiger partial charge in [0, 0.05) is 0 Å². The lowest BCUT2D eigenvalue weighted by atomic mass is 10.0. The molecule has 0 radical (unpaired) electrons. The third-order valence-corrected chi connectivity index (χ3v) is 2.94. The Morgan fingerprint density at radius 1 is 1.42 bits per heavy atom. The first kappa shape index (κ1) is 15.5. The van der Waals surface area contributed by atoms with E-state index in [9.17, 15) is 9.90 Å². The van der Waals surface area contributed by atoms with E-state index in [1.165, 1.54) is 0 Å². The minimum absolute atomic E-state index is 0.0920. The molecule has 6 nitrogen and oxygen atoms in total. The molecule has 1 aromatic heterocycles. The maximum atomic E-state index is 12.1. The number of nitrogens with zero attached hydrogens (tertiary/aromatic N) is 1. The number of nitrogens with one attached hydrogen (secondary N) is 2. The second-order valence-corrected chi connectivity index (χ2v) is 5.54. The lowest BCUT2D eigenvalue weighted by molar-refractivity contribution is 0.0904. The molecule has 0 aliphatic carbocycles. The summed E-state index contributed by atoms with van der Waals surface area (Å²) in [6, 6.07) is -0.272. The molecule has 19 heavy (non-hydrogen) atoms. The van der Waals surface area contributed by atoms with Crippen LogP contribution < -0.4 is 11.1 Å². The Morgan fingerprint density at radius 2 is 2.05 bits per heavy atom. The van der Waals surface area contributed by atoms with Gasteiger partial charge >= 0.3 is 0 Å². The van der Waals surface area contributed by atoms with Gasteiger partial charge in [-0.05, 0) is 18.3 Å². The lowest BCUT2D eigenvalue weighted by Crippen LogP contribution is -2.38. The zero-order valence-electron chi connectivity index (χ0n) is 12.0. The minimum atomic E-state index is -0.347. The summed E-state index contributed by atoms with van der Waals surface area (Å²) in [6.45, 7) is 7.93. The molecule has 0 aliphatic rings. The van der Waals surface area contributed by atoms with Gasteiger partial charge in [0.15, 0.2) is 5.69 Å². The van der Waals surface area contributed by atoms with Crippen molar-refractivity contribution in [3.63, 3.8) is 0 Å². The number of aromatic nitrogens is 2. The van der Waals surface area contributed by atoms with Crippen LogP contribution in [0.5, 0.6) is 0 Å². The summed E-state index contributed by atoms with van der Waals surface area (Å²) in [7, 11) is 0. The predicted molar refractivity (Wildman–Crippen MR) is 74.9 cm³/mol. The number of carbonyl (C=O) groups excluding carboxylic acids is 1. The molecular weight excluding hydrogens is 244 g/mol. The van der Waals surface area contributed by atoms with Crippen molar-refractivity contribution in [3.05, 3.63) is 11.4 Å². The predicted octanol–water partition coefficient (Wildman–Crippen LogP) is 1.25. The number of anilines is 1. The molecule has 1 rings (SSSR count).